The first-order valence-corrected chi connectivity index (χ1v) is 6.38. The Bertz CT molecular complexity index is 342. The summed E-state index contributed by atoms with van der Waals surface area (Å²) in [4.78, 5) is 23.0. The SMILES string of the molecule is COCC(O)CCNC(=O)C1CC=CCC1C(=O)O. The first kappa shape index (κ1) is 15.7. The van der Waals surface area contributed by atoms with E-state index in [2.05, 4.69) is 5.32 Å². The summed E-state index contributed by atoms with van der Waals surface area (Å²) in [6.45, 7) is 0.537. The first-order chi connectivity index (χ1) is 9.06. The molecule has 0 saturated carbocycles. The number of nitrogens with one attached hydrogen (secondary N) is 1. The van der Waals surface area contributed by atoms with Crippen molar-refractivity contribution >= 4 is 11.9 Å². The average molecular weight is 271 g/mol. The summed E-state index contributed by atoms with van der Waals surface area (Å²) in [5.74, 6) is -2.39. The number of methoxy groups -OCH3 is 1. The van der Waals surface area contributed by atoms with Gasteiger partial charge in [-0.05, 0) is 19.3 Å². The zero-order valence-corrected chi connectivity index (χ0v) is 11.0. The van der Waals surface area contributed by atoms with Crippen LogP contribution in [0.5, 0.6) is 0 Å². The van der Waals surface area contributed by atoms with Crippen LogP contribution in [0.15, 0.2) is 12.2 Å². The lowest BCUT2D eigenvalue weighted by Crippen LogP contribution is -2.39. The lowest BCUT2D eigenvalue weighted by molar-refractivity contribution is -0.147. The molecule has 108 valence electrons. The van der Waals surface area contributed by atoms with Gasteiger partial charge in [0.05, 0.1) is 24.5 Å². The molecule has 0 bridgehead atoms. The molecule has 1 aliphatic carbocycles. The van der Waals surface area contributed by atoms with Crippen molar-refractivity contribution in [2.24, 2.45) is 11.8 Å². The van der Waals surface area contributed by atoms with E-state index in [0.717, 1.165) is 0 Å². The van der Waals surface area contributed by atoms with Gasteiger partial charge in [-0.25, -0.2) is 0 Å². The van der Waals surface area contributed by atoms with Gasteiger partial charge in [-0.15, -0.1) is 0 Å². The molecule has 0 fully saturated rings. The molecule has 0 aromatic heterocycles. The molecule has 1 aliphatic rings. The van der Waals surface area contributed by atoms with Gasteiger partial charge in [-0.1, -0.05) is 12.2 Å². The molecule has 19 heavy (non-hydrogen) atoms. The molecular weight excluding hydrogens is 250 g/mol. The van der Waals surface area contributed by atoms with Gasteiger partial charge in [-0.3, -0.25) is 9.59 Å². The summed E-state index contributed by atoms with van der Waals surface area (Å²) in [6.07, 6.45) is 4.24. The van der Waals surface area contributed by atoms with Crippen molar-refractivity contribution in [3.8, 4) is 0 Å². The molecule has 0 aromatic carbocycles. The molecule has 1 rings (SSSR count). The summed E-state index contributed by atoms with van der Waals surface area (Å²) in [5, 5.41) is 21.2. The number of aliphatic hydroxyl groups excluding tert-OH is 1. The van der Waals surface area contributed by atoms with Crippen molar-refractivity contribution in [3.05, 3.63) is 12.2 Å². The van der Waals surface area contributed by atoms with Crippen molar-refractivity contribution < 1.29 is 24.5 Å². The number of aliphatic hydroxyl groups is 1. The van der Waals surface area contributed by atoms with Crippen LogP contribution in [0, 0.1) is 11.8 Å². The highest BCUT2D eigenvalue weighted by Crippen LogP contribution is 2.25. The van der Waals surface area contributed by atoms with Crippen molar-refractivity contribution in [1.29, 1.82) is 0 Å². The van der Waals surface area contributed by atoms with Crippen LogP contribution in [0.4, 0.5) is 0 Å². The predicted octanol–water partition coefficient (Wildman–Crippen LogP) is 0.167. The average Bonchev–Trinajstić information content (AvgIpc) is 2.38. The molecule has 3 atom stereocenters. The number of carboxylic acid groups (broad SMARTS) is 1. The molecule has 0 aliphatic heterocycles. The second-order valence-corrected chi connectivity index (χ2v) is 4.68. The number of amides is 1. The molecule has 3 unspecified atom stereocenters. The van der Waals surface area contributed by atoms with Crippen LogP contribution in [-0.2, 0) is 14.3 Å². The molecule has 0 radical (unpaired) electrons. The first-order valence-electron chi connectivity index (χ1n) is 6.38. The van der Waals surface area contributed by atoms with E-state index in [9.17, 15) is 14.7 Å². The zero-order valence-electron chi connectivity index (χ0n) is 11.0. The van der Waals surface area contributed by atoms with Crippen LogP contribution in [0.3, 0.4) is 0 Å². The minimum atomic E-state index is -0.941. The number of rotatable bonds is 7. The van der Waals surface area contributed by atoms with Gasteiger partial charge >= 0.3 is 5.97 Å². The number of carboxylic acids is 1. The number of hydrogen-bond donors (Lipinski definition) is 3. The maximum absolute atomic E-state index is 11.9. The number of ether oxygens (including phenoxy) is 1. The molecule has 6 heteroatoms. The third-order valence-corrected chi connectivity index (χ3v) is 3.22. The third kappa shape index (κ3) is 5.00. The Morgan fingerprint density at radius 1 is 1.37 bits per heavy atom. The van der Waals surface area contributed by atoms with Gasteiger partial charge in [0.25, 0.3) is 0 Å². The topological polar surface area (TPSA) is 95.9 Å². The summed E-state index contributed by atoms with van der Waals surface area (Å²) in [7, 11) is 1.49. The zero-order chi connectivity index (χ0) is 14.3. The maximum Gasteiger partial charge on any atom is 0.307 e. The molecule has 6 nitrogen and oxygen atoms in total. The van der Waals surface area contributed by atoms with Crippen LogP contribution in [0.1, 0.15) is 19.3 Å². The van der Waals surface area contributed by atoms with Crippen molar-refractivity contribution in [1.82, 2.24) is 5.32 Å². The second kappa shape index (κ2) is 7.91. The summed E-state index contributed by atoms with van der Waals surface area (Å²) >= 11 is 0. The Hall–Kier alpha value is -1.40. The monoisotopic (exact) mass is 271 g/mol. The van der Waals surface area contributed by atoms with E-state index < -0.39 is 23.9 Å². The van der Waals surface area contributed by atoms with E-state index >= 15 is 0 Å². The van der Waals surface area contributed by atoms with Crippen molar-refractivity contribution in [3.63, 3.8) is 0 Å². The number of hydrogen-bond acceptors (Lipinski definition) is 4. The van der Waals surface area contributed by atoms with E-state index in [1.54, 1.807) is 6.08 Å². The van der Waals surface area contributed by atoms with E-state index in [1.165, 1.54) is 7.11 Å². The smallest absolute Gasteiger partial charge is 0.307 e. The normalized spacial score (nSPS) is 23.9. The Kier molecular flexibility index (Phi) is 6.52. The minimum Gasteiger partial charge on any atom is -0.481 e. The molecular formula is C13H21NO5. The summed E-state index contributed by atoms with van der Waals surface area (Å²) in [6, 6.07) is 0. The van der Waals surface area contributed by atoms with Crippen molar-refractivity contribution in [2.45, 2.75) is 25.4 Å². The highest BCUT2D eigenvalue weighted by Gasteiger charge is 2.33. The summed E-state index contributed by atoms with van der Waals surface area (Å²) in [5.41, 5.74) is 0. The van der Waals surface area contributed by atoms with Gasteiger partial charge in [-0.2, -0.15) is 0 Å². The molecule has 0 spiro atoms. The number of carbonyl (C=O) groups excluding carboxylic acids is 1. The van der Waals surface area contributed by atoms with Crippen LogP contribution in [0.25, 0.3) is 0 Å². The van der Waals surface area contributed by atoms with E-state index in [4.69, 9.17) is 9.84 Å². The maximum atomic E-state index is 11.9. The van der Waals surface area contributed by atoms with Gasteiger partial charge in [0.2, 0.25) is 5.91 Å². The molecule has 0 aromatic rings. The number of aliphatic carboxylic acids is 1. The van der Waals surface area contributed by atoms with Crippen LogP contribution < -0.4 is 5.32 Å². The molecule has 0 saturated heterocycles. The fraction of sp³-hybridized carbons (Fsp3) is 0.692. The fourth-order valence-corrected chi connectivity index (χ4v) is 2.15. The lowest BCUT2D eigenvalue weighted by atomic mass is 9.82. The molecule has 0 heterocycles. The quantitative estimate of drug-likeness (QED) is 0.573. The lowest BCUT2D eigenvalue weighted by Gasteiger charge is -2.24. The Labute approximate surface area is 112 Å². The van der Waals surface area contributed by atoms with E-state index in [0.29, 0.717) is 25.8 Å². The highest BCUT2D eigenvalue weighted by molar-refractivity contribution is 5.85. The molecule has 1 amide bonds. The van der Waals surface area contributed by atoms with Gasteiger partial charge in [0, 0.05) is 13.7 Å². The Morgan fingerprint density at radius 3 is 2.58 bits per heavy atom. The van der Waals surface area contributed by atoms with Crippen LogP contribution in [0.2, 0.25) is 0 Å². The second-order valence-electron chi connectivity index (χ2n) is 4.68. The van der Waals surface area contributed by atoms with Gasteiger partial charge in [0.1, 0.15) is 0 Å². The van der Waals surface area contributed by atoms with Gasteiger partial charge < -0.3 is 20.3 Å². The van der Waals surface area contributed by atoms with E-state index in [1.807, 2.05) is 6.08 Å². The largest absolute Gasteiger partial charge is 0.481 e. The van der Waals surface area contributed by atoms with E-state index in [-0.39, 0.29) is 12.5 Å². The van der Waals surface area contributed by atoms with Gasteiger partial charge in [0.15, 0.2) is 0 Å². The molecule has 3 N–H and O–H groups in total. The Balaban J connectivity index is 2.39. The van der Waals surface area contributed by atoms with Crippen LogP contribution >= 0.6 is 0 Å². The van der Waals surface area contributed by atoms with Crippen molar-refractivity contribution in [2.75, 3.05) is 20.3 Å². The predicted molar refractivity (Wildman–Crippen MR) is 68.5 cm³/mol. The minimum absolute atomic E-state index is 0.222. The standard InChI is InChI=1S/C13H21NO5/c1-19-8-9(15)6-7-14-12(16)10-4-2-3-5-11(10)13(17)18/h2-3,9-11,15H,4-8H2,1H3,(H,14,16)(H,17,18). The number of carbonyl (C=O) groups is 2. The fourth-order valence-electron chi connectivity index (χ4n) is 2.15. The van der Waals surface area contributed by atoms with Crippen LogP contribution in [-0.4, -0.2) is 48.5 Å². The highest BCUT2D eigenvalue weighted by atomic mass is 16.5. The Morgan fingerprint density at radius 2 is 2.00 bits per heavy atom. The summed E-state index contributed by atoms with van der Waals surface area (Å²) < 4.78 is 4.78. The number of allylic oxidation sites excluding steroid dienone is 2. The third-order valence-electron chi connectivity index (χ3n) is 3.22.